The number of rotatable bonds is 3. The summed E-state index contributed by atoms with van der Waals surface area (Å²) in [5.41, 5.74) is 3.11. The van der Waals surface area contributed by atoms with Gasteiger partial charge in [-0.1, -0.05) is 18.2 Å². The molecule has 0 saturated carbocycles. The lowest BCUT2D eigenvalue weighted by molar-refractivity contribution is 0.0696. The maximum absolute atomic E-state index is 11.8. The normalized spacial score (nSPS) is 10.4. The van der Waals surface area contributed by atoms with Crippen LogP contribution in [0.1, 0.15) is 27.0 Å². The Bertz CT molecular complexity index is 686. The predicted molar refractivity (Wildman–Crippen MR) is 72.7 cm³/mol. The van der Waals surface area contributed by atoms with Gasteiger partial charge in [0, 0.05) is 12.3 Å². The number of aromatic nitrogens is 1. The zero-order chi connectivity index (χ0) is 14.0. The molecule has 0 amide bonds. The van der Waals surface area contributed by atoms with Crippen LogP contribution in [0.4, 0.5) is 0 Å². The van der Waals surface area contributed by atoms with Crippen LogP contribution in [0.15, 0.2) is 41.3 Å². The van der Waals surface area contributed by atoms with Crippen molar-refractivity contribution in [2.75, 3.05) is 0 Å². The summed E-state index contributed by atoms with van der Waals surface area (Å²) in [7, 11) is 0. The van der Waals surface area contributed by atoms with Gasteiger partial charge in [0.2, 0.25) is 0 Å². The first-order valence-corrected chi connectivity index (χ1v) is 5.97. The Labute approximate surface area is 110 Å². The first-order valence-electron chi connectivity index (χ1n) is 5.97. The number of carboxylic acids is 1. The van der Waals surface area contributed by atoms with E-state index in [0.717, 1.165) is 11.6 Å². The van der Waals surface area contributed by atoms with E-state index in [1.807, 2.05) is 32.0 Å². The number of hydrogen-bond donors (Lipinski definition) is 1. The third kappa shape index (κ3) is 2.91. The predicted octanol–water partition coefficient (Wildman–Crippen LogP) is 2.21. The maximum atomic E-state index is 11.8. The summed E-state index contributed by atoms with van der Waals surface area (Å²) in [5.74, 6) is -1.09. The average Bonchev–Trinajstić information content (AvgIpc) is 2.36. The van der Waals surface area contributed by atoms with Crippen molar-refractivity contribution in [2.45, 2.75) is 20.4 Å². The molecule has 0 aliphatic heterocycles. The molecule has 1 aromatic carbocycles. The van der Waals surface area contributed by atoms with Crippen LogP contribution in [0.2, 0.25) is 0 Å². The van der Waals surface area contributed by atoms with Crippen molar-refractivity contribution < 1.29 is 9.90 Å². The number of hydrogen-bond acceptors (Lipinski definition) is 2. The molecule has 0 atom stereocenters. The van der Waals surface area contributed by atoms with E-state index >= 15 is 0 Å². The lowest BCUT2D eigenvalue weighted by Gasteiger charge is -2.08. The standard InChI is InChI=1S/C15H15NO3/c1-10-3-4-12(7-11(10)2)9-16-6-5-13(15(18)19)8-14(16)17/h3-8H,9H2,1-2H3,(H,18,19). The summed E-state index contributed by atoms with van der Waals surface area (Å²) in [6.45, 7) is 4.50. The van der Waals surface area contributed by atoms with Crippen LogP contribution < -0.4 is 5.56 Å². The molecular weight excluding hydrogens is 242 g/mol. The van der Waals surface area contributed by atoms with Gasteiger partial charge < -0.3 is 9.67 Å². The van der Waals surface area contributed by atoms with Crippen LogP contribution in [0, 0.1) is 13.8 Å². The summed E-state index contributed by atoms with van der Waals surface area (Å²) in [6.07, 6.45) is 1.51. The van der Waals surface area contributed by atoms with Gasteiger partial charge in [0.25, 0.3) is 5.56 Å². The number of nitrogens with zero attached hydrogens (tertiary/aromatic N) is 1. The highest BCUT2D eigenvalue weighted by molar-refractivity contribution is 5.87. The van der Waals surface area contributed by atoms with Crippen LogP contribution in [-0.2, 0) is 6.54 Å². The van der Waals surface area contributed by atoms with E-state index in [1.165, 1.54) is 28.0 Å². The third-order valence-corrected chi connectivity index (χ3v) is 3.17. The summed E-state index contributed by atoms with van der Waals surface area (Å²) in [6, 6.07) is 8.60. The number of pyridine rings is 1. The van der Waals surface area contributed by atoms with Gasteiger partial charge in [0.1, 0.15) is 0 Å². The van der Waals surface area contributed by atoms with Crippen LogP contribution in [0.5, 0.6) is 0 Å². The van der Waals surface area contributed by atoms with Gasteiger partial charge in [-0.3, -0.25) is 4.79 Å². The Morgan fingerprint density at radius 3 is 2.47 bits per heavy atom. The molecule has 0 radical (unpaired) electrons. The molecule has 0 saturated heterocycles. The van der Waals surface area contributed by atoms with Crippen LogP contribution in [0.25, 0.3) is 0 Å². The second-order valence-corrected chi connectivity index (χ2v) is 4.61. The fraction of sp³-hybridized carbons (Fsp3) is 0.200. The Hall–Kier alpha value is -2.36. The molecule has 0 aliphatic rings. The van der Waals surface area contributed by atoms with E-state index < -0.39 is 5.97 Å². The van der Waals surface area contributed by atoms with Gasteiger partial charge in [-0.05, 0) is 36.6 Å². The molecule has 0 unspecified atom stereocenters. The molecule has 1 N–H and O–H groups in total. The highest BCUT2D eigenvalue weighted by atomic mass is 16.4. The van der Waals surface area contributed by atoms with Gasteiger partial charge in [-0.25, -0.2) is 4.79 Å². The van der Waals surface area contributed by atoms with Gasteiger partial charge in [-0.2, -0.15) is 0 Å². The number of benzene rings is 1. The first kappa shape index (κ1) is 13.1. The molecule has 1 aromatic heterocycles. The fourth-order valence-corrected chi connectivity index (χ4v) is 1.87. The molecule has 0 fully saturated rings. The van der Waals surface area contributed by atoms with Crippen molar-refractivity contribution in [1.82, 2.24) is 4.57 Å². The van der Waals surface area contributed by atoms with E-state index in [1.54, 1.807) is 0 Å². The molecular formula is C15H15NO3. The molecule has 19 heavy (non-hydrogen) atoms. The largest absolute Gasteiger partial charge is 0.478 e. The molecule has 2 rings (SSSR count). The second-order valence-electron chi connectivity index (χ2n) is 4.61. The zero-order valence-electron chi connectivity index (χ0n) is 10.9. The van der Waals surface area contributed by atoms with Gasteiger partial charge >= 0.3 is 5.97 Å². The Kier molecular flexibility index (Phi) is 3.51. The molecule has 4 heteroatoms. The number of carboxylic acid groups (broad SMARTS) is 1. The van der Waals surface area contributed by atoms with Crippen molar-refractivity contribution in [3.05, 3.63) is 69.1 Å². The van der Waals surface area contributed by atoms with Crippen molar-refractivity contribution >= 4 is 5.97 Å². The maximum Gasteiger partial charge on any atom is 0.335 e. The number of carbonyl (C=O) groups is 1. The summed E-state index contributed by atoms with van der Waals surface area (Å²) in [4.78, 5) is 22.6. The second kappa shape index (κ2) is 5.10. The summed E-state index contributed by atoms with van der Waals surface area (Å²) in [5, 5.41) is 8.81. The number of aryl methyl sites for hydroxylation is 2. The Morgan fingerprint density at radius 2 is 1.89 bits per heavy atom. The van der Waals surface area contributed by atoms with Crippen molar-refractivity contribution in [2.24, 2.45) is 0 Å². The van der Waals surface area contributed by atoms with Gasteiger partial charge in [0.05, 0.1) is 12.1 Å². The molecule has 0 spiro atoms. The highest BCUT2D eigenvalue weighted by Gasteiger charge is 2.05. The molecule has 2 aromatic rings. The van der Waals surface area contributed by atoms with Crippen LogP contribution >= 0.6 is 0 Å². The lowest BCUT2D eigenvalue weighted by Crippen LogP contribution is -2.20. The summed E-state index contributed by atoms with van der Waals surface area (Å²) >= 11 is 0. The van der Waals surface area contributed by atoms with Gasteiger partial charge in [-0.15, -0.1) is 0 Å². The molecule has 4 nitrogen and oxygen atoms in total. The Balaban J connectivity index is 2.31. The molecule has 0 aliphatic carbocycles. The fourth-order valence-electron chi connectivity index (χ4n) is 1.87. The minimum Gasteiger partial charge on any atom is -0.478 e. The average molecular weight is 257 g/mol. The highest BCUT2D eigenvalue weighted by Crippen LogP contribution is 2.10. The van der Waals surface area contributed by atoms with E-state index in [4.69, 9.17) is 5.11 Å². The quantitative estimate of drug-likeness (QED) is 0.917. The van der Waals surface area contributed by atoms with Crippen molar-refractivity contribution in [1.29, 1.82) is 0 Å². The SMILES string of the molecule is Cc1ccc(Cn2ccc(C(=O)O)cc2=O)cc1C. The molecule has 1 heterocycles. The zero-order valence-corrected chi connectivity index (χ0v) is 10.9. The molecule has 0 bridgehead atoms. The van der Waals surface area contributed by atoms with E-state index in [2.05, 4.69) is 0 Å². The van der Waals surface area contributed by atoms with Gasteiger partial charge in [0.15, 0.2) is 0 Å². The topological polar surface area (TPSA) is 59.3 Å². The minimum absolute atomic E-state index is 0.0151. The summed E-state index contributed by atoms with van der Waals surface area (Å²) < 4.78 is 1.50. The van der Waals surface area contributed by atoms with Crippen molar-refractivity contribution in [3.8, 4) is 0 Å². The van der Waals surface area contributed by atoms with E-state index in [9.17, 15) is 9.59 Å². The first-order chi connectivity index (χ1) is 8.97. The molecule has 98 valence electrons. The Morgan fingerprint density at radius 1 is 1.16 bits per heavy atom. The third-order valence-electron chi connectivity index (χ3n) is 3.17. The minimum atomic E-state index is -1.09. The van der Waals surface area contributed by atoms with E-state index in [-0.39, 0.29) is 11.1 Å². The van der Waals surface area contributed by atoms with Crippen LogP contribution in [-0.4, -0.2) is 15.6 Å². The lowest BCUT2D eigenvalue weighted by atomic mass is 10.1. The van der Waals surface area contributed by atoms with Crippen LogP contribution in [0.3, 0.4) is 0 Å². The number of aromatic carboxylic acids is 1. The smallest absolute Gasteiger partial charge is 0.335 e. The van der Waals surface area contributed by atoms with Crippen molar-refractivity contribution in [3.63, 3.8) is 0 Å². The monoisotopic (exact) mass is 257 g/mol. The van der Waals surface area contributed by atoms with E-state index in [0.29, 0.717) is 6.54 Å².